The molecule has 104 valence electrons. The predicted octanol–water partition coefficient (Wildman–Crippen LogP) is -5.38. The second-order valence-corrected chi connectivity index (χ2v) is 2.66. The first-order chi connectivity index (χ1) is 7.62. The van der Waals surface area contributed by atoms with Gasteiger partial charge in [0.2, 0.25) is 11.9 Å². The van der Waals surface area contributed by atoms with E-state index in [-0.39, 0.29) is 11.9 Å². The van der Waals surface area contributed by atoms with Gasteiger partial charge in [-0.15, -0.1) is 10.2 Å². The molecule has 0 aliphatic carbocycles. The fourth-order valence-electron chi connectivity index (χ4n) is 0.0745. The van der Waals surface area contributed by atoms with Crippen molar-refractivity contribution in [3.05, 3.63) is 0 Å². The van der Waals surface area contributed by atoms with Crippen molar-refractivity contribution >= 4 is 22.3 Å². The van der Waals surface area contributed by atoms with Gasteiger partial charge in [0.1, 0.15) is 0 Å². The van der Waals surface area contributed by atoms with Crippen LogP contribution in [0.2, 0.25) is 0 Å². The molecule has 0 aromatic rings. The third kappa shape index (κ3) is 56.4. The summed E-state index contributed by atoms with van der Waals surface area (Å²) >= 11 is 0. The van der Waals surface area contributed by atoms with Crippen LogP contribution in [-0.4, -0.2) is 29.4 Å². The van der Waals surface area contributed by atoms with Crippen LogP contribution in [0.1, 0.15) is 0 Å². The van der Waals surface area contributed by atoms with Gasteiger partial charge in [0.15, 0.2) is 0 Å². The predicted molar refractivity (Wildman–Crippen MR) is 60.4 cm³/mol. The number of hydrogen-bond acceptors (Lipinski definition) is 8. The second kappa shape index (κ2) is 12.0. The molecular formula is C2H16N10O4S. The third-order valence-corrected chi connectivity index (χ3v) is 0.574. The summed E-state index contributed by atoms with van der Waals surface area (Å²) in [5, 5.41) is 5.93. The quantitative estimate of drug-likeness (QED) is 0.0651. The molecule has 15 heteroatoms. The summed E-state index contributed by atoms with van der Waals surface area (Å²) in [7, 11) is -4.67. The maximum Gasteiger partial charge on any atom is 0.394 e. The van der Waals surface area contributed by atoms with Gasteiger partial charge in [-0.1, -0.05) is 0 Å². The van der Waals surface area contributed by atoms with Crippen LogP contribution in [-0.2, 0) is 10.4 Å². The average molecular weight is 276 g/mol. The molecule has 0 saturated heterocycles. The molecule has 0 aromatic heterocycles. The molecule has 14 nitrogen and oxygen atoms in total. The van der Waals surface area contributed by atoms with Crippen LogP contribution in [0.4, 0.5) is 0 Å². The highest BCUT2D eigenvalue weighted by molar-refractivity contribution is 7.79. The van der Waals surface area contributed by atoms with Crippen LogP contribution < -0.4 is 45.7 Å². The fraction of sp³-hybridized carbons (Fsp3) is 0. The Morgan fingerprint density at radius 2 is 1.12 bits per heavy atom. The summed E-state index contributed by atoms with van der Waals surface area (Å²) in [5.74, 6) is 18.6. The van der Waals surface area contributed by atoms with Gasteiger partial charge in [-0.2, -0.15) is 8.42 Å². The van der Waals surface area contributed by atoms with Gasteiger partial charge in [0.05, 0.1) is 0 Å². The van der Waals surface area contributed by atoms with Crippen LogP contribution in [0.25, 0.3) is 0 Å². The first kappa shape index (κ1) is 20.4. The minimum atomic E-state index is -4.67. The van der Waals surface area contributed by atoms with E-state index in [1.54, 1.807) is 0 Å². The first-order valence-electron chi connectivity index (χ1n) is 3.32. The standard InChI is InChI=1S/2CH7N5.H2O4S/c2*2-1(5-3)6-4;1-5(2,3)4/h2*3-4H2,(H3,2,5,6);(H2,1,2,3,4). The molecule has 0 bridgehead atoms. The number of nitrogens with one attached hydrogen (secondary N) is 2. The lowest BCUT2D eigenvalue weighted by atomic mass is 11.1. The Balaban J connectivity index is -0.000000174. The summed E-state index contributed by atoms with van der Waals surface area (Å²) in [6, 6.07) is 0. The van der Waals surface area contributed by atoms with E-state index >= 15 is 0 Å². The van der Waals surface area contributed by atoms with Gasteiger partial charge in [0.25, 0.3) is 0 Å². The minimum absolute atomic E-state index is 0.0231. The van der Waals surface area contributed by atoms with E-state index in [0.717, 1.165) is 0 Å². The Hall–Kier alpha value is -2.07. The van der Waals surface area contributed by atoms with Crippen molar-refractivity contribution in [3.8, 4) is 0 Å². The highest BCUT2D eigenvalue weighted by atomic mass is 32.3. The van der Waals surface area contributed by atoms with E-state index in [0.29, 0.717) is 0 Å². The van der Waals surface area contributed by atoms with Crippen LogP contribution >= 0.6 is 0 Å². The van der Waals surface area contributed by atoms with Crippen molar-refractivity contribution in [2.75, 3.05) is 0 Å². The maximum atomic E-state index is 8.74. The normalized spacial score (nSPS) is 11.3. The molecule has 0 atom stereocenters. The molecular weight excluding hydrogens is 260 g/mol. The van der Waals surface area contributed by atoms with E-state index < -0.39 is 10.4 Å². The number of nitrogens with zero attached hydrogens (tertiary/aromatic N) is 2. The highest BCUT2D eigenvalue weighted by Crippen LogP contribution is 1.59. The Labute approximate surface area is 96.6 Å². The average Bonchev–Trinajstić information content (AvgIpc) is 2.25. The van der Waals surface area contributed by atoms with E-state index in [2.05, 4.69) is 21.9 Å². The molecule has 0 aromatic carbocycles. The van der Waals surface area contributed by atoms with Crippen molar-refractivity contribution in [3.63, 3.8) is 0 Å². The molecule has 0 spiro atoms. The summed E-state index contributed by atoms with van der Waals surface area (Å²) < 4.78 is 31.6. The van der Waals surface area contributed by atoms with Crippen LogP contribution in [0.15, 0.2) is 10.2 Å². The zero-order chi connectivity index (χ0) is 14.5. The van der Waals surface area contributed by atoms with Crippen molar-refractivity contribution in [1.82, 2.24) is 10.9 Å². The number of guanidine groups is 2. The van der Waals surface area contributed by atoms with Crippen LogP contribution in [0.3, 0.4) is 0 Å². The van der Waals surface area contributed by atoms with E-state index in [1.807, 2.05) is 10.9 Å². The number of hydrazone groups is 2. The maximum absolute atomic E-state index is 8.74. The Morgan fingerprint density at radius 1 is 0.941 bits per heavy atom. The Morgan fingerprint density at radius 3 is 1.12 bits per heavy atom. The molecule has 0 aliphatic rings. The van der Waals surface area contributed by atoms with Crippen LogP contribution in [0.5, 0.6) is 0 Å². The summed E-state index contributed by atoms with van der Waals surface area (Å²) in [4.78, 5) is 0. The summed E-state index contributed by atoms with van der Waals surface area (Å²) in [6.07, 6.45) is 0. The molecule has 0 amide bonds. The molecule has 16 N–H and O–H groups in total. The lowest BCUT2D eigenvalue weighted by Gasteiger charge is -1.89. The van der Waals surface area contributed by atoms with Gasteiger partial charge >= 0.3 is 10.4 Å². The molecule has 0 heterocycles. The zero-order valence-electron chi connectivity index (χ0n) is 8.48. The van der Waals surface area contributed by atoms with Crippen LogP contribution in [0, 0.1) is 0 Å². The number of hydrazine groups is 2. The lowest BCUT2D eigenvalue weighted by molar-refractivity contribution is 0.381. The smallest absolute Gasteiger partial charge is 0.367 e. The second-order valence-electron chi connectivity index (χ2n) is 1.77. The highest BCUT2D eigenvalue weighted by Gasteiger charge is 1.84. The lowest BCUT2D eigenvalue weighted by Crippen LogP contribution is -2.37. The molecule has 0 radical (unpaired) electrons. The molecule has 0 unspecified atom stereocenters. The van der Waals surface area contributed by atoms with Crippen molar-refractivity contribution in [1.29, 1.82) is 0 Å². The molecule has 0 fully saturated rings. The van der Waals surface area contributed by atoms with Crippen molar-refractivity contribution < 1.29 is 17.5 Å². The number of hydrogen-bond donors (Lipinski definition) is 10. The van der Waals surface area contributed by atoms with Gasteiger partial charge in [-0.25, -0.2) is 11.7 Å². The number of nitrogens with two attached hydrogens (primary N) is 6. The topological polar surface area (TPSA) is 280 Å². The Bertz CT molecular complexity index is 295. The summed E-state index contributed by atoms with van der Waals surface area (Å²) in [6.45, 7) is 0. The van der Waals surface area contributed by atoms with E-state index in [9.17, 15) is 0 Å². The van der Waals surface area contributed by atoms with Gasteiger partial charge < -0.3 is 23.2 Å². The Kier molecular flexibility index (Phi) is 14.4. The van der Waals surface area contributed by atoms with E-state index in [1.165, 1.54) is 0 Å². The van der Waals surface area contributed by atoms with Crippen molar-refractivity contribution in [2.45, 2.75) is 0 Å². The molecule has 0 rings (SSSR count). The van der Waals surface area contributed by atoms with Gasteiger partial charge in [0, 0.05) is 0 Å². The molecule has 17 heavy (non-hydrogen) atoms. The fourth-order valence-corrected chi connectivity index (χ4v) is 0.0745. The first-order valence-corrected chi connectivity index (χ1v) is 4.71. The zero-order valence-corrected chi connectivity index (χ0v) is 9.29. The van der Waals surface area contributed by atoms with Gasteiger partial charge in [-0.05, 0) is 0 Å². The largest absolute Gasteiger partial charge is 0.394 e. The van der Waals surface area contributed by atoms with E-state index in [4.69, 9.17) is 40.7 Å². The monoisotopic (exact) mass is 276 g/mol. The summed E-state index contributed by atoms with van der Waals surface area (Å²) in [5.41, 5.74) is 13.8. The minimum Gasteiger partial charge on any atom is -0.367 e. The molecule has 0 aliphatic heterocycles. The number of rotatable bonds is 0. The van der Waals surface area contributed by atoms with Gasteiger partial charge in [-0.3, -0.25) is 20.0 Å². The third-order valence-electron chi connectivity index (χ3n) is 0.574. The van der Waals surface area contributed by atoms with Crippen molar-refractivity contribution in [2.24, 2.45) is 45.0 Å². The molecule has 0 saturated carbocycles. The SMILES string of the molecule is N/N=C(\N)NN.N/N=C(\N)NN.O=S(=O)(O)O.